The van der Waals surface area contributed by atoms with E-state index in [1.807, 2.05) is 24.3 Å². The third-order valence-corrected chi connectivity index (χ3v) is 3.76. The summed E-state index contributed by atoms with van der Waals surface area (Å²) in [6.45, 7) is 2.37. The van der Waals surface area contributed by atoms with Crippen LogP contribution in [0, 0.1) is 0 Å². The van der Waals surface area contributed by atoms with Crippen LogP contribution in [0.25, 0.3) is 0 Å². The first-order valence-corrected chi connectivity index (χ1v) is 7.68. The van der Waals surface area contributed by atoms with Gasteiger partial charge in [-0.05, 0) is 37.6 Å². The van der Waals surface area contributed by atoms with Gasteiger partial charge in [0.25, 0.3) is 0 Å². The highest BCUT2D eigenvalue weighted by molar-refractivity contribution is 6.30. The van der Waals surface area contributed by atoms with Crippen molar-refractivity contribution in [2.45, 2.75) is 38.5 Å². The van der Waals surface area contributed by atoms with E-state index in [0.29, 0.717) is 6.04 Å². The molecule has 1 aromatic carbocycles. The first-order chi connectivity index (χ1) is 10.2. The maximum absolute atomic E-state index is 6.00. The summed E-state index contributed by atoms with van der Waals surface area (Å²) in [4.78, 5) is 2.18. The average molecular weight is 306 g/mol. The van der Waals surface area contributed by atoms with Crippen LogP contribution in [0.5, 0.6) is 0 Å². The molecule has 0 unspecified atom stereocenters. The summed E-state index contributed by atoms with van der Waals surface area (Å²) in [6, 6.07) is 10.7. The predicted molar refractivity (Wildman–Crippen MR) is 83.0 cm³/mol. The zero-order chi connectivity index (χ0) is 14.7. The Morgan fingerprint density at radius 3 is 2.95 bits per heavy atom. The number of rotatable bonds is 7. The van der Waals surface area contributed by atoms with Crippen LogP contribution in [0.1, 0.15) is 29.9 Å². The Bertz CT molecular complexity index is 595. The second-order valence-corrected chi connectivity index (χ2v) is 6.18. The van der Waals surface area contributed by atoms with E-state index in [1.165, 1.54) is 18.4 Å². The van der Waals surface area contributed by atoms with E-state index in [0.717, 1.165) is 36.1 Å². The smallest absolute Gasteiger partial charge is 0.151 e. The van der Waals surface area contributed by atoms with Gasteiger partial charge in [0.15, 0.2) is 5.76 Å². The van der Waals surface area contributed by atoms with Crippen LogP contribution in [0.15, 0.2) is 34.9 Å². The van der Waals surface area contributed by atoms with Crippen molar-refractivity contribution in [3.05, 3.63) is 52.4 Å². The van der Waals surface area contributed by atoms with Gasteiger partial charge in [-0.1, -0.05) is 28.9 Å². The summed E-state index contributed by atoms with van der Waals surface area (Å²) in [6.07, 6.45) is 2.57. The van der Waals surface area contributed by atoms with Crippen LogP contribution in [0.4, 0.5) is 0 Å². The molecule has 112 valence electrons. The molecule has 1 aliphatic rings. The monoisotopic (exact) mass is 305 g/mol. The standard InChI is InChI=1S/C16H20ClN3O/c1-20(10-12-3-2-4-13(17)7-12)11-16-8-15(19-21-16)9-18-14-5-6-14/h2-4,7-8,14,18H,5-6,9-11H2,1H3. The normalized spacial score (nSPS) is 14.8. The molecule has 0 radical (unpaired) electrons. The summed E-state index contributed by atoms with van der Waals surface area (Å²) in [5.74, 6) is 0.895. The van der Waals surface area contributed by atoms with Crippen molar-refractivity contribution in [1.29, 1.82) is 0 Å². The topological polar surface area (TPSA) is 41.3 Å². The Labute approximate surface area is 130 Å². The zero-order valence-electron chi connectivity index (χ0n) is 12.2. The number of halogens is 1. The van der Waals surface area contributed by atoms with Crippen LogP contribution in [0.3, 0.4) is 0 Å². The van der Waals surface area contributed by atoms with Gasteiger partial charge in [-0.25, -0.2) is 0 Å². The Kier molecular flexibility index (Phi) is 4.58. The van der Waals surface area contributed by atoms with E-state index >= 15 is 0 Å². The quantitative estimate of drug-likeness (QED) is 0.853. The van der Waals surface area contributed by atoms with Gasteiger partial charge in [-0.3, -0.25) is 4.90 Å². The molecule has 0 amide bonds. The highest BCUT2D eigenvalue weighted by Gasteiger charge is 2.20. The lowest BCUT2D eigenvalue weighted by Gasteiger charge is -2.14. The summed E-state index contributed by atoms with van der Waals surface area (Å²) in [5.41, 5.74) is 2.17. The lowest BCUT2D eigenvalue weighted by molar-refractivity contribution is 0.265. The molecule has 3 rings (SSSR count). The molecule has 0 aliphatic heterocycles. The maximum atomic E-state index is 6.00. The van der Waals surface area contributed by atoms with Crippen LogP contribution in [-0.4, -0.2) is 23.1 Å². The molecule has 1 heterocycles. The Morgan fingerprint density at radius 2 is 2.19 bits per heavy atom. The molecular weight excluding hydrogens is 286 g/mol. The predicted octanol–water partition coefficient (Wildman–Crippen LogP) is 3.21. The van der Waals surface area contributed by atoms with E-state index in [-0.39, 0.29) is 0 Å². The molecule has 2 aromatic rings. The van der Waals surface area contributed by atoms with E-state index in [4.69, 9.17) is 16.1 Å². The van der Waals surface area contributed by atoms with Gasteiger partial charge in [-0.15, -0.1) is 0 Å². The molecule has 0 saturated heterocycles. The fourth-order valence-corrected chi connectivity index (χ4v) is 2.53. The summed E-state index contributed by atoms with van der Waals surface area (Å²) < 4.78 is 5.39. The van der Waals surface area contributed by atoms with Gasteiger partial charge in [0.1, 0.15) is 0 Å². The molecule has 1 saturated carbocycles. The van der Waals surface area contributed by atoms with E-state index in [9.17, 15) is 0 Å². The van der Waals surface area contributed by atoms with Crippen LogP contribution in [-0.2, 0) is 19.6 Å². The first kappa shape index (κ1) is 14.6. The molecular formula is C16H20ClN3O. The number of nitrogens with zero attached hydrogens (tertiary/aromatic N) is 2. The maximum Gasteiger partial charge on any atom is 0.151 e. The highest BCUT2D eigenvalue weighted by Crippen LogP contribution is 2.19. The highest BCUT2D eigenvalue weighted by atomic mass is 35.5. The molecule has 1 N–H and O–H groups in total. The molecule has 1 aromatic heterocycles. The molecule has 0 bridgehead atoms. The van der Waals surface area contributed by atoms with E-state index in [2.05, 4.69) is 28.5 Å². The number of aromatic nitrogens is 1. The van der Waals surface area contributed by atoms with Crippen LogP contribution >= 0.6 is 11.6 Å². The molecule has 0 atom stereocenters. The number of hydrogen-bond acceptors (Lipinski definition) is 4. The average Bonchev–Trinajstić information content (AvgIpc) is 3.17. The number of benzene rings is 1. The van der Waals surface area contributed by atoms with Crippen LogP contribution < -0.4 is 5.32 Å². The lowest BCUT2D eigenvalue weighted by Crippen LogP contribution is -2.17. The van der Waals surface area contributed by atoms with Crippen molar-refractivity contribution >= 4 is 11.6 Å². The summed E-state index contributed by atoms with van der Waals surface area (Å²) in [5, 5.41) is 8.31. The van der Waals surface area contributed by atoms with E-state index in [1.54, 1.807) is 0 Å². The zero-order valence-corrected chi connectivity index (χ0v) is 12.9. The fourth-order valence-electron chi connectivity index (χ4n) is 2.32. The first-order valence-electron chi connectivity index (χ1n) is 7.30. The third-order valence-electron chi connectivity index (χ3n) is 3.52. The third kappa shape index (κ3) is 4.56. The second-order valence-electron chi connectivity index (χ2n) is 5.74. The van der Waals surface area contributed by atoms with Crippen molar-refractivity contribution in [1.82, 2.24) is 15.4 Å². The van der Waals surface area contributed by atoms with Gasteiger partial charge < -0.3 is 9.84 Å². The number of nitrogens with one attached hydrogen (secondary N) is 1. The van der Waals surface area contributed by atoms with Crippen molar-refractivity contribution in [2.24, 2.45) is 0 Å². The molecule has 1 fully saturated rings. The summed E-state index contributed by atoms with van der Waals surface area (Å²) >= 11 is 6.00. The van der Waals surface area contributed by atoms with Crippen LogP contribution in [0.2, 0.25) is 5.02 Å². The van der Waals surface area contributed by atoms with Gasteiger partial charge in [0, 0.05) is 30.2 Å². The SMILES string of the molecule is CN(Cc1cccc(Cl)c1)Cc1cc(CNC2CC2)no1. The van der Waals surface area contributed by atoms with Crippen molar-refractivity contribution in [2.75, 3.05) is 7.05 Å². The van der Waals surface area contributed by atoms with Crippen molar-refractivity contribution in [3.8, 4) is 0 Å². The van der Waals surface area contributed by atoms with E-state index < -0.39 is 0 Å². The molecule has 5 heteroatoms. The molecule has 21 heavy (non-hydrogen) atoms. The van der Waals surface area contributed by atoms with Gasteiger partial charge in [-0.2, -0.15) is 0 Å². The summed E-state index contributed by atoms with van der Waals surface area (Å²) in [7, 11) is 2.06. The lowest BCUT2D eigenvalue weighted by atomic mass is 10.2. The Balaban J connectivity index is 1.50. The largest absolute Gasteiger partial charge is 0.360 e. The van der Waals surface area contributed by atoms with Crippen molar-refractivity contribution in [3.63, 3.8) is 0 Å². The minimum absolute atomic E-state index is 0.690. The molecule has 1 aliphatic carbocycles. The molecule has 0 spiro atoms. The minimum Gasteiger partial charge on any atom is -0.360 e. The Hall–Kier alpha value is -1.36. The minimum atomic E-state index is 0.690. The molecule has 4 nitrogen and oxygen atoms in total. The fraction of sp³-hybridized carbons (Fsp3) is 0.438. The number of hydrogen-bond donors (Lipinski definition) is 1. The van der Waals surface area contributed by atoms with Gasteiger partial charge >= 0.3 is 0 Å². The van der Waals surface area contributed by atoms with Gasteiger partial charge in [0.2, 0.25) is 0 Å². The van der Waals surface area contributed by atoms with Gasteiger partial charge in [0.05, 0.1) is 12.2 Å². The van der Waals surface area contributed by atoms with Crippen molar-refractivity contribution < 1.29 is 4.52 Å². The second kappa shape index (κ2) is 6.60. The Morgan fingerprint density at radius 1 is 1.33 bits per heavy atom.